The van der Waals surface area contributed by atoms with Gasteiger partial charge in [0.1, 0.15) is 5.82 Å². The average molecular weight is 264 g/mol. The summed E-state index contributed by atoms with van der Waals surface area (Å²) in [6.45, 7) is 0.137. The van der Waals surface area contributed by atoms with E-state index in [4.69, 9.17) is 5.73 Å². The molecule has 1 aromatic carbocycles. The molecule has 0 aromatic heterocycles. The van der Waals surface area contributed by atoms with E-state index >= 15 is 0 Å². The number of rotatable bonds is 4. The fourth-order valence-corrected chi connectivity index (χ4v) is 2.67. The van der Waals surface area contributed by atoms with Crippen LogP contribution in [0.25, 0.3) is 0 Å². The van der Waals surface area contributed by atoms with Gasteiger partial charge in [-0.15, -0.1) is 0 Å². The van der Waals surface area contributed by atoms with Crippen molar-refractivity contribution in [3.8, 4) is 0 Å². The highest BCUT2D eigenvalue weighted by molar-refractivity contribution is 5.90. The largest absolute Gasteiger partial charge is 0.326 e. The van der Waals surface area contributed by atoms with E-state index < -0.39 is 0 Å². The lowest BCUT2D eigenvalue weighted by Crippen LogP contribution is -2.18. The number of nitrogens with two attached hydrogens (primary N) is 1. The summed E-state index contributed by atoms with van der Waals surface area (Å²) in [7, 11) is 0. The molecular formula is C15H21FN2O. The maximum absolute atomic E-state index is 13.3. The van der Waals surface area contributed by atoms with Crippen molar-refractivity contribution in [1.82, 2.24) is 0 Å². The van der Waals surface area contributed by atoms with E-state index in [1.807, 2.05) is 0 Å². The van der Waals surface area contributed by atoms with Gasteiger partial charge < -0.3 is 11.1 Å². The van der Waals surface area contributed by atoms with Crippen LogP contribution in [0, 0.1) is 11.7 Å². The van der Waals surface area contributed by atoms with Gasteiger partial charge in [0.25, 0.3) is 0 Å². The van der Waals surface area contributed by atoms with Gasteiger partial charge in [-0.3, -0.25) is 4.79 Å². The normalized spacial score (nSPS) is 16.3. The number of benzene rings is 1. The molecule has 0 unspecified atom stereocenters. The first-order chi connectivity index (χ1) is 9.19. The topological polar surface area (TPSA) is 55.1 Å². The molecule has 0 atom stereocenters. The lowest BCUT2D eigenvalue weighted by atomic mass is 9.87. The summed E-state index contributed by atoms with van der Waals surface area (Å²) in [5.41, 5.74) is 6.50. The molecule has 1 saturated carbocycles. The fraction of sp³-hybridized carbons (Fsp3) is 0.533. The molecule has 104 valence electrons. The lowest BCUT2D eigenvalue weighted by Gasteiger charge is -2.20. The van der Waals surface area contributed by atoms with E-state index in [0.29, 0.717) is 23.6 Å². The molecule has 3 nitrogen and oxygen atoms in total. The molecule has 1 amide bonds. The van der Waals surface area contributed by atoms with Gasteiger partial charge in [0.05, 0.1) is 0 Å². The zero-order valence-corrected chi connectivity index (χ0v) is 11.1. The predicted octanol–water partition coefficient (Wildman–Crippen LogP) is 3.19. The van der Waals surface area contributed by atoms with Gasteiger partial charge >= 0.3 is 0 Å². The first kappa shape index (κ1) is 14.0. The van der Waals surface area contributed by atoms with Crippen molar-refractivity contribution in [3.05, 3.63) is 29.6 Å². The Morgan fingerprint density at radius 3 is 2.74 bits per heavy atom. The molecule has 0 heterocycles. The molecule has 4 heteroatoms. The SMILES string of the molecule is NCc1cc(NC(=O)CC2CCCCC2)ccc1F. The number of hydrogen-bond donors (Lipinski definition) is 2. The van der Waals surface area contributed by atoms with E-state index in [1.54, 1.807) is 12.1 Å². The van der Waals surface area contributed by atoms with E-state index in [1.165, 1.54) is 25.3 Å². The Morgan fingerprint density at radius 2 is 2.05 bits per heavy atom. The maximum Gasteiger partial charge on any atom is 0.224 e. The Balaban J connectivity index is 1.90. The Hall–Kier alpha value is -1.42. The number of carbonyl (C=O) groups is 1. The zero-order valence-electron chi connectivity index (χ0n) is 11.1. The van der Waals surface area contributed by atoms with Crippen molar-refractivity contribution in [1.29, 1.82) is 0 Å². The first-order valence-electron chi connectivity index (χ1n) is 6.97. The standard InChI is InChI=1S/C15H21FN2O/c16-14-7-6-13(9-12(14)10-17)18-15(19)8-11-4-2-1-3-5-11/h6-7,9,11H,1-5,8,10,17H2,(H,18,19). The number of hydrogen-bond acceptors (Lipinski definition) is 2. The van der Waals surface area contributed by atoms with Gasteiger partial charge in [-0.25, -0.2) is 4.39 Å². The van der Waals surface area contributed by atoms with Crippen molar-refractivity contribution >= 4 is 11.6 Å². The van der Waals surface area contributed by atoms with Crippen LogP contribution in [-0.4, -0.2) is 5.91 Å². The van der Waals surface area contributed by atoms with E-state index in [-0.39, 0.29) is 18.3 Å². The van der Waals surface area contributed by atoms with Gasteiger partial charge in [-0.2, -0.15) is 0 Å². The van der Waals surface area contributed by atoms with Crippen LogP contribution in [0.15, 0.2) is 18.2 Å². The zero-order chi connectivity index (χ0) is 13.7. The third kappa shape index (κ3) is 4.03. The first-order valence-corrected chi connectivity index (χ1v) is 6.97. The Morgan fingerprint density at radius 1 is 1.32 bits per heavy atom. The number of amides is 1. The molecule has 1 aliphatic rings. The fourth-order valence-electron chi connectivity index (χ4n) is 2.67. The minimum atomic E-state index is -0.326. The van der Waals surface area contributed by atoms with Gasteiger partial charge in [0, 0.05) is 24.2 Å². The molecule has 0 bridgehead atoms. The molecule has 0 spiro atoms. The molecule has 1 aliphatic carbocycles. The number of anilines is 1. The molecule has 3 N–H and O–H groups in total. The van der Waals surface area contributed by atoms with Gasteiger partial charge in [0.2, 0.25) is 5.91 Å². The van der Waals surface area contributed by atoms with Gasteiger partial charge in [0.15, 0.2) is 0 Å². The van der Waals surface area contributed by atoms with E-state index in [9.17, 15) is 9.18 Å². The summed E-state index contributed by atoms with van der Waals surface area (Å²) >= 11 is 0. The summed E-state index contributed by atoms with van der Waals surface area (Å²) in [6.07, 6.45) is 6.60. The monoisotopic (exact) mass is 264 g/mol. The molecule has 2 rings (SSSR count). The Bertz CT molecular complexity index is 442. The van der Waals surface area contributed by atoms with Crippen molar-refractivity contribution in [2.75, 3.05) is 5.32 Å². The maximum atomic E-state index is 13.3. The van der Waals surface area contributed by atoms with Crippen molar-refractivity contribution in [2.24, 2.45) is 11.7 Å². The molecule has 1 fully saturated rings. The van der Waals surface area contributed by atoms with Crippen LogP contribution in [-0.2, 0) is 11.3 Å². The summed E-state index contributed by atoms with van der Waals surface area (Å²) in [5.74, 6) is 0.192. The molecule has 0 aliphatic heterocycles. The number of nitrogens with one attached hydrogen (secondary N) is 1. The van der Waals surface area contributed by atoms with Crippen LogP contribution < -0.4 is 11.1 Å². The van der Waals surface area contributed by atoms with Crippen LogP contribution >= 0.6 is 0 Å². The summed E-state index contributed by atoms with van der Waals surface area (Å²) < 4.78 is 13.3. The van der Waals surface area contributed by atoms with Crippen molar-refractivity contribution in [3.63, 3.8) is 0 Å². The Kier molecular flexibility index (Phi) is 4.91. The number of halogens is 1. The quantitative estimate of drug-likeness (QED) is 0.877. The van der Waals surface area contributed by atoms with Crippen LogP contribution in [0.2, 0.25) is 0 Å². The number of carbonyl (C=O) groups excluding carboxylic acids is 1. The van der Waals surface area contributed by atoms with Crippen LogP contribution in [0.1, 0.15) is 44.1 Å². The molecule has 0 saturated heterocycles. The highest BCUT2D eigenvalue weighted by Gasteiger charge is 2.17. The molecule has 0 radical (unpaired) electrons. The van der Waals surface area contributed by atoms with Crippen molar-refractivity contribution < 1.29 is 9.18 Å². The van der Waals surface area contributed by atoms with E-state index in [0.717, 1.165) is 12.8 Å². The summed E-state index contributed by atoms with van der Waals surface area (Å²) in [6, 6.07) is 4.53. The third-order valence-corrected chi connectivity index (χ3v) is 3.75. The summed E-state index contributed by atoms with van der Waals surface area (Å²) in [4.78, 5) is 11.9. The average Bonchev–Trinajstić information content (AvgIpc) is 2.42. The highest BCUT2D eigenvalue weighted by Crippen LogP contribution is 2.26. The van der Waals surface area contributed by atoms with Gasteiger partial charge in [-0.05, 0) is 37.0 Å². The lowest BCUT2D eigenvalue weighted by molar-refractivity contribution is -0.117. The second kappa shape index (κ2) is 6.66. The highest BCUT2D eigenvalue weighted by atomic mass is 19.1. The molecule has 1 aromatic rings. The second-order valence-electron chi connectivity index (χ2n) is 5.27. The predicted molar refractivity (Wildman–Crippen MR) is 74.1 cm³/mol. The van der Waals surface area contributed by atoms with Gasteiger partial charge in [-0.1, -0.05) is 19.3 Å². The smallest absolute Gasteiger partial charge is 0.224 e. The van der Waals surface area contributed by atoms with Crippen LogP contribution in [0.5, 0.6) is 0 Å². The van der Waals surface area contributed by atoms with E-state index in [2.05, 4.69) is 5.32 Å². The molecular weight excluding hydrogens is 243 g/mol. The summed E-state index contributed by atoms with van der Waals surface area (Å²) in [5, 5.41) is 2.83. The van der Waals surface area contributed by atoms with Crippen LogP contribution in [0.3, 0.4) is 0 Å². The Labute approximate surface area is 113 Å². The van der Waals surface area contributed by atoms with Crippen LogP contribution in [0.4, 0.5) is 10.1 Å². The van der Waals surface area contributed by atoms with Crippen molar-refractivity contribution in [2.45, 2.75) is 45.1 Å². The second-order valence-corrected chi connectivity index (χ2v) is 5.27. The minimum Gasteiger partial charge on any atom is -0.326 e. The molecule has 19 heavy (non-hydrogen) atoms. The minimum absolute atomic E-state index is 0.0153. The third-order valence-electron chi connectivity index (χ3n) is 3.75.